The van der Waals surface area contributed by atoms with Crippen LogP contribution in [0.25, 0.3) is 0 Å². The minimum Gasteiger partial charge on any atom is -0.359 e. The predicted molar refractivity (Wildman–Crippen MR) is 96.4 cm³/mol. The van der Waals surface area contributed by atoms with Gasteiger partial charge in [0.15, 0.2) is 5.13 Å². The quantitative estimate of drug-likeness (QED) is 0.827. The fourth-order valence-corrected chi connectivity index (χ4v) is 3.95. The molecule has 0 spiro atoms. The zero-order valence-corrected chi connectivity index (χ0v) is 14.8. The van der Waals surface area contributed by atoms with E-state index in [0.29, 0.717) is 27.9 Å². The smallest absolute Gasteiger partial charge is 0.267 e. The van der Waals surface area contributed by atoms with E-state index < -0.39 is 0 Å². The molecule has 0 bridgehead atoms. The molecular weight excluding hydrogens is 325 g/mol. The number of nitrogens with one attached hydrogen (secondary N) is 2. The van der Waals surface area contributed by atoms with E-state index >= 15 is 0 Å². The van der Waals surface area contributed by atoms with Crippen molar-refractivity contribution in [2.24, 2.45) is 0 Å². The summed E-state index contributed by atoms with van der Waals surface area (Å²) in [6, 6.07) is 5.13. The first-order valence-corrected chi connectivity index (χ1v) is 9.16. The Morgan fingerprint density at radius 1 is 1.25 bits per heavy atom. The Labute approximate surface area is 145 Å². The van der Waals surface area contributed by atoms with Gasteiger partial charge in [-0.05, 0) is 38.8 Å². The number of rotatable bonds is 4. The van der Waals surface area contributed by atoms with E-state index in [1.54, 1.807) is 19.1 Å². The molecule has 1 fully saturated rings. The lowest BCUT2D eigenvalue weighted by Gasteiger charge is -2.22. The maximum atomic E-state index is 13.6. The average molecular weight is 347 g/mol. The van der Waals surface area contributed by atoms with E-state index in [-0.39, 0.29) is 11.7 Å². The lowest BCUT2D eigenvalue weighted by atomic mass is 9.96. The Morgan fingerprint density at radius 2 is 2.00 bits per heavy atom. The highest BCUT2D eigenvalue weighted by Gasteiger charge is 2.19. The zero-order chi connectivity index (χ0) is 17.1. The standard InChI is InChI=1S/C18H22FN3OS/c1-11-14(19)9-6-10-15(11)22-17(23)16-12(2)20-18(24-16)21-13-7-4-3-5-8-13/h6,9-10,13H,3-5,7-8H2,1-2H3,(H,20,21)(H,22,23). The highest BCUT2D eigenvalue weighted by atomic mass is 32.1. The van der Waals surface area contributed by atoms with Crippen LogP contribution < -0.4 is 10.6 Å². The van der Waals surface area contributed by atoms with Gasteiger partial charge in [-0.1, -0.05) is 36.7 Å². The molecule has 1 amide bonds. The molecular formula is C18H22FN3OS. The number of aromatic nitrogens is 1. The Kier molecular flexibility index (Phi) is 5.14. The molecule has 2 N–H and O–H groups in total. The van der Waals surface area contributed by atoms with Crippen molar-refractivity contribution in [3.63, 3.8) is 0 Å². The summed E-state index contributed by atoms with van der Waals surface area (Å²) in [5.41, 5.74) is 1.63. The van der Waals surface area contributed by atoms with Crippen LogP contribution in [0.3, 0.4) is 0 Å². The second-order valence-corrected chi connectivity index (χ2v) is 7.28. The Morgan fingerprint density at radius 3 is 2.75 bits per heavy atom. The number of anilines is 2. The number of nitrogens with zero attached hydrogens (tertiary/aromatic N) is 1. The van der Waals surface area contributed by atoms with Gasteiger partial charge < -0.3 is 10.6 Å². The van der Waals surface area contributed by atoms with Crippen LogP contribution in [0.1, 0.15) is 53.0 Å². The second-order valence-electron chi connectivity index (χ2n) is 6.28. The largest absolute Gasteiger partial charge is 0.359 e. The molecule has 3 rings (SSSR count). The van der Waals surface area contributed by atoms with Crippen molar-refractivity contribution in [2.75, 3.05) is 10.6 Å². The summed E-state index contributed by atoms with van der Waals surface area (Å²) in [6.07, 6.45) is 6.10. The molecule has 1 aliphatic rings. The van der Waals surface area contributed by atoms with Gasteiger partial charge in [-0.15, -0.1) is 0 Å². The molecule has 6 heteroatoms. The molecule has 128 valence electrons. The monoisotopic (exact) mass is 347 g/mol. The average Bonchev–Trinajstić information content (AvgIpc) is 2.93. The third-order valence-electron chi connectivity index (χ3n) is 4.45. The number of hydrogen-bond acceptors (Lipinski definition) is 4. The molecule has 2 aromatic rings. The van der Waals surface area contributed by atoms with E-state index in [9.17, 15) is 9.18 Å². The van der Waals surface area contributed by atoms with Crippen molar-refractivity contribution in [1.82, 2.24) is 4.98 Å². The summed E-state index contributed by atoms with van der Waals surface area (Å²) in [5, 5.41) is 7.03. The molecule has 0 saturated heterocycles. The van der Waals surface area contributed by atoms with Crippen molar-refractivity contribution >= 4 is 28.1 Å². The number of thiazole rings is 1. The van der Waals surface area contributed by atoms with Crippen molar-refractivity contribution in [3.05, 3.63) is 40.2 Å². The minimum absolute atomic E-state index is 0.240. The first-order valence-electron chi connectivity index (χ1n) is 8.35. The fourth-order valence-electron chi connectivity index (χ4n) is 3.01. The van der Waals surface area contributed by atoms with Crippen LogP contribution in [-0.2, 0) is 0 Å². The summed E-state index contributed by atoms with van der Waals surface area (Å²) in [5.74, 6) is -0.566. The van der Waals surface area contributed by atoms with Gasteiger partial charge in [0.1, 0.15) is 10.7 Å². The van der Waals surface area contributed by atoms with Gasteiger partial charge in [-0.3, -0.25) is 4.79 Å². The number of carbonyl (C=O) groups excluding carboxylic acids is 1. The van der Waals surface area contributed by atoms with Crippen molar-refractivity contribution < 1.29 is 9.18 Å². The number of benzene rings is 1. The van der Waals surface area contributed by atoms with E-state index in [2.05, 4.69) is 15.6 Å². The molecule has 1 saturated carbocycles. The number of halogens is 1. The Bertz CT molecular complexity index is 738. The van der Waals surface area contributed by atoms with E-state index in [1.807, 2.05) is 6.92 Å². The third kappa shape index (κ3) is 3.75. The normalized spacial score (nSPS) is 15.3. The molecule has 1 aromatic heterocycles. The first kappa shape index (κ1) is 16.9. The fraction of sp³-hybridized carbons (Fsp3) is 0.444. The van der Waals surface area contributed by atoms with Crippen LogP contribution in [0.5, 0.6) is 0 Å². The summed E-state index contributed by atoms with van der Waals surface area (Å²) in [4.78, 5) is 17.6. The molecule has 1 aliphatic carbocycles. The van der Waals surface area contributed by atoms with E-state index in [4.69, 9.17) is 0 Å². The summed E-state index contributed by atoms with van der Waals surface area (Å²) < 4.78 is 13.6. The molecule has 0 unspecified atom stereocenters. The van der Waals surface area contributed by atoms with Crippen molar-refractivity contribution in [2.45, 2.75) is 52.0 Å². The Hall–Kier alpha value is -1.95. The van der Waals surface area contributed by atoms with Crippen LogP contribution in [0.4, 0.5) is 15.2 Å². The van der Waals surface area contributed by atoms with Gasteiger partial charge in [0.25, 0.3) is 5.91 Å². The maximum absolute atomic E-state index is 13.6. The molecule has 4 nitrogen and oxygen atoms in total. The third-order valence-corrected chi connectivity index (χ3v) is 5.54. The predicted octanol–water partition coefficient (Wildman–Crippen LogP) is 4.90. The summed E-state index contributed by atoms with van der Waals surface area (Å²) in [7, 11) is 0. The van der Waals surface area contributed by atoms with Gasteiger partial charge in [-0.25, -0.2) is 9.37 Å². The maximum Gasteiger partial charge on any atom is 0.267 e. The Balaban J connectivity index is 1.72. The zero-order valence-electron chi connectivity index (χ0n) is 14.0. The number of amides is 1. The SMILES string of the molecule is Cc1nc(NC2CCCCC2)sc1C(=O)Nc1cccc(F)c1C. The number of aryl methyl sites for hydroxylation is 1. The first-order chi connectivity index (χ1) is 11.5. The minimum atomic E-state index is -0.325. The summed E-state index contributed by atoms with van der Waals surface area (Å²) in [6.45, 7) is 3.48. The van der Waals surface area contributed by atoms with Gasteiger partial charge in [-0.2, -0.15) is 0 Å². The van der Waals surface area contributed by atoms with E-state index in [1.165, 1.54) is 36.7 Å². The van der Waals surface area contributed by atoms with Crippen LogP contribution in [-0.4, -0.2) is 16.9 Å². The molecule has 24 heavy (non-hydrogen) atoms. The molecule has 0 atom stereocenters. The van der Waals surface area contributed by atoms with Crippen molar-refractivity contribution in [3.8, 4) is 0 Å². The molecule has 1 aromatic carbocycles. The van der Waals surface area contributed by atoms with Gasteiger partial charge in [0, 0.05) is 17.3 Å². The lowest BCUT2D eigenvalue weighted by molar-refractivity contribution is 0.102. The topological polar surface area (TPSA) is 54.0 Å². The molecule has 0 aliphatic heterocycles. The van der Waals surface area contributed by atoms with E-state index in [0.717, 1.165) is 18.0 Å². The second kappa shape index (κ2) is 7.30. The van der Waals surface area contributed by atoms with Crippen LogP contribution >= 0.6 is 11.3 Å². The van der Waals surface area contributed by atoms with Gasteiger partial charge in [0.05, 0.1) is 5.69 Å². The van der Waals surface area contributed by atoms with Crippen LogP contribution in [0.15, 0.2) is 18.2 Å². The highest BCUT2D eigenvalue weighted by Crippen LogP contribution is 2.28. The van der Waals surface area contributed by atoms with Crippen LogP contribution in [0, 0.1) is 19.7 Å². The summed E-state index contributed by atoms with van der Waals surface area (Å²) >= 11 is 1.36. The van der Waals surface area contributed by atoms with Gasteiger partial charge in [0.2, 0.25) is 0 Å². The van der Waals surface area contributed by atoms with Crippen LogP contribution in [0.2, 0.25) is 0 Å². The van der Waals surface area contributed by atoms with Crippen molar-refractivity contribution in [1.29, 1.82) is 0 Å². The molecule has 1 heterocycles. The highest BCUT2D eigenvalue weighted by molar-refractivity contribution is 7.17. The molecule has 0 radical (unpaired) electrons. The lowest BCUT2D eigenvalue weighted by Crippen LogP contribution is -2.21. The van der Waals surface area contributed by atoms with Gasteiger partial charge >= 0.3 is 0 Å². The number of carbonyl (C=O) groups is 1. The number of hydrogen-bond donors (Lipinski definition) is 2.